The van der Waals surface area contributed by atoms with Gasteiger partial charge in [0.05, 0.1) is 12.1 Å². The molecule has 2 N–H and O–H groups in total. The van der Waals surface area contributed by atoms with Gasteiger partial charge in [0.1, 0.15) is 11.4 Å². The molecule has 0 bridgehead atoms. The van der Waals surface area contributed by atoms with Crippen LogP contribution in [0.2, 0.25) is 0 Å². The summed E-state index contributed by atoms with van der Waals surface area (Å²) >= 11 is 0. The molecule has 3 heterocycles. The maximum atomic E-state index is 12.1. The molecule has 1 fully saturated rings. The molecular weight excluding hydrogens is 350 g/mol. The van der Waals surface area contributed by atoms with E-state index in [4.69, 9.17) is 9.63 Å². The van der Waals surface area contributed by atoms with Crippen molar-refractivity contribution in [3.63, 3.8) is 0 Å². The Balaban J connectivity index is 1.39. The second kappa shape index (κ2) is 6.58. The van der Waals surface area contributed by atoms with Gasteiger partial charge in [-0.25, -0.2) is 4.79 Å². The fourth-order valence-electron chi connectivity index (χ4n) is 3.49. The summed E-state index contributed by atoms with van der Waals surface area (Å²) in [6, 6.07) is 6.32. The third kappa shape index (κ3) is 3.33. The summed E-state index contributed by atoms with van der Waals surface area (Å²) in [4.78, 5) is 34.1. The minimum absolute atomic E-state index is 0.00969. The summed E-state index contributed by atoms with van der Waals surface area (Å²) < 4.78 is 5.33. The average molecular weight is 369 g/mol. The van der Waals surface area contributed by atoms with Gasteiger partial charge in [0.25, 0.3) is 5.91 Å². The largest absolute Gasteiger partial charge is 0.478 e. The highest BCUT2D eigenvalue weighted by Gasteiger charge is 2.44. The zero-order valence-electron chi connectivity index (χ0n) is 14.8. The maximum Gasteiger partial charge on any atom is 0.335 e. The van der Waals surface area contributed by atoms with E-state index in [-0.39, 0.29) is 11.5 Å². The second-order valence-corrected chi connectivity index (χ2v) is 6.85. The number of amidine groups is 1. The molecular formula is C18H19N5O4. The molecule has 140 valence electrons. The van der Waals surface area contributed by atoms with Crippen molar-refractivity contribution >= 4 is 17.7 Å². The third-order valence-corrected chi connectivity index (χ3v) is 5.00. The topological polar surface area (TPSA) is 121 Å². The van der Waals surface area contributed by atoms with Crippen LogP contribution in [0, 0.1) is 0 Å². The molecule has 9 heteroatoms. The number of nitrogens with zero attached hydrogens (tertiary/aromatic N) is 4. The van der Waals surface area contributed by atoms with Crippen LogP contribution in [0.3, 0.4) is 0 Å². The first kappa shape index (κ1) is 17.3. The van der Waals surface area contributed by atoms with Gasteiger partial charge in [-0.2, -0.15) is 4.98 Å². The van der Waals surface area contributed by atoms with E-state index >= 15 is 0 Å². The predicted octanol–water partition coefficient (Wildman–Crippen LogP) is 1.32. The van der Waals surface area contributed by atoms with Crippen LogP contribution in [0.25, 0.3) is 11.4 Å². The lowest BCUT2D eigenvalue weighted by atomic mass is 9.88. The number of rotatable bonds is 4. The Morgan fingerprint density at radius 3 is 2.59 bits per heavy atom. The molecule has 27 heavy (non-hydrogen) atoms. The summed E-state index contributed by atoms with van der Waals surface area (Å²) in [5.41, 5.74) is 0.283. The Hall–Kier alpha value is -3.07. The van der Waals surface area contributed by atoms with Crippen LogP contribution >= 0.6 is 0 Å². The van der Waals surface area contributed by atoms with Crippen LogP contribution in [-0.4, -0.2) is 56.5 Å². The van der Waals surface area contributed by atoms with E-state index in [9.17, 15) is 9.59 Å². The number of carbonyl (C=O) groups excluding carboxylic acids is 1. The van der Waals surface area contributed by atoms with E-state index in [1.165, 1.54) is 12.1 Å². The standard InChI is InChI=1S/C18H19N5O4/c1-11-19-17(26)18(21-11)6-8-23(9-7-18)10-14-20-15(22-27-14)12-2-4-13(5-3-12)16(24)25/h2-5H,6-10H2,1H3,(H,24,25)(H,19,21,26). The Morgan fingerprint density at radius 1 is 1.30 bits per heavy atom. The number of carboxylic acids is 1. The van der Waals surface area contributed by atoms with Crippen LogP contribution < -0.4 is 5.32 Å². The molecule has 0 aliphatic carbocycles. The molecule has 1 aromatic heterocycles. The normalized spacial score (nSPS) is 19.1. The van der Waals surface area contributed by atoms with Crippen LogP contribution in [0.1, 0.15) is 36.0 Å². The number of carbonyl (C=O) groups is 2. The minimum Gasteiger partial charge on any atom is -0.478 e. The van der Waals surface area contributed by atoms with Gasteiger partial charge < -0.3 is 14.9 Å². The number of nitrogens with one attached hydrogen (secondary N) is 1. The number of aliphatic imine (C=N–C) groups is 1. The van der Waals surface area contributed by atoms with E-state index in [1.807, 2.05) is 6.92 Å². The zero-order valence-corrected chi connectivity index (χ0v) is 14.8. The van der Waals surface area contributed by atoms with Crippen LogP contribution in [0.15, 0.2) is 33.8 Å². The molecule has 0 atom stereocenters. The molecule has 1 spiro atoms. The fourth-order valence-corrected chi connectivity index (χ4v) is 3.49. The molecule has 1 saturated heterocycles. The number of aromatic nitrogens is 2. The van der Waals surface area contributed by atoms with Gasteiger partial charge in [0.2, 0.25) is 11.7 Å². The SMILES string of the molecule is CC1=NC2(CCN(Cc3nc(-c4ccc(C(=O)O)cc4)no3)CC2)C(=O)N1. The van der Waals surface area contributed by atoms with Crippen LogP contribution in [0.5, 0.6) is 0 Å². The first-order chi connectivity index (χ1) is 12.9. The summed E-state index contributed by atoms with van der Waals surface area (Å²) in [6.45, 7) is 3.74. The van der Waals surface area contributed by atoms with Crippen molar-refractivity contribution in [2.75, 3.05) is 13.1 Å². The second-order valence-electron chi connectivity index (χ2n) is 6.85. The summed E-state index contributed by atoms with van der Waals surface area (Å²) in [6.07, 6.45) is 1.32. The number of benzene rings is 1. The van der Waals surface area contributed by atoms with E-state index in [2.05, 4.69) is 25.3 Å². The molecule has 1 amide bonds. The first-order valence-corrected chi connectivity index (χ1v) is 8.72. The van der Waals surface area contributed by atoms with Crippen molar-refractivity contribution in [1.29, 1.82) is 0 Å². The van der Waals surface area contributed by atoms with Crippen LogP contribution in [-0.2, 0) is 11.3 Å². The van der Waals surface area contributed by atoms with E-state index < -0.39 is 11.5 Å². The van der Waals surface area contributed by atoms with Gasteiger partial charge in [0, 0.05) is 18.7 Å². The van der Waals surface area contributed by atoms with Crippen molar-refractivity contribution < 1.29 is 19.2 Å². The molecule has 2 aliphatic rings. The molecule has 0 unspecified atom stereocenters. The summed E-state index contributed by atoms with van der Waals surface area (Å²) in [5.74, 6) is 0.603. The van der Waals surface area contributed by atoms with Gasteiger partial charge in [-0.15, -0.1) is 0 Å². The lowest BCUT2D eigenvalue weighted by Crippen LogP contribution is -2.48. The number of amides is 1. The van der Waals surface area contributed by atoms with Crippen molar-refractivity contribution in [2.45, 2.75) is 31.8 Å². The zero-order chi connectivity index (χ0) is 19.0. The van der Waals surface area contributed by atoms with E-state index in [0.717, 1.165) is 13.1 Å². The highest BCUT2D eigenvalue weighted by Crippen LogP contribution is 2.30. The van der Waals surface area contributed by atoms with Gasteiger partial charge in [-0.05, 0) is 31.9 Å². The third-order valence-electron chi connectivity index (χ3n) is 5.00. The van der Waals surface area contributed by atoms with Gasteiger partial charge in [-0.1, -0.05) is 17.3 Å². The lowest BCUT2D eigenvalue weighted by molar-refractivity contribution is -0.125. The monoisotopic (exact) mass is 369 g/mol. The van der Waals surface area contributed by atoms with Gasteiger partial charge >= 0.3 is 5.97 Å². The number of piperidine rings is 1. The Kier molecular flexibility index (Phi) is 4.23. The molecule has 4 rings (SSSR count). The summed E-state index contributed by atoms with van der Waals surface area (Å²) in [7, 11) is 0. The van der Waals surface area contributed by atoms with Crippen LogP contribution in [0.4, 0.5) is 0 Å². The van der Waals surface area contributed by atoms with Crippen molar-refractivity contribution in [1.82, 2.24) is 20.4 Å². The molecule has 0 radical (unpaired) electrons. The smallest absolute Gasteiger partial charge is 0.335 e. The number of likely N-dealkylation sites (tertiary alicyclic amines) is 1. The molecule has 2 aliphatic heterocycles. The lowest BCUT2D eigenvalue weighted by Gasteiger charge is -2.34. The number of hydrogen-bond donors (Lipinski definition) is 2. The predicted molar refractivity (Wildman–Crippen MR) is 95.2 cm³/mol. The highest BCUT2D eigenvalue weighted by atomic mass is 16.5. The fraction of sp³-hybridized carbons (Fsp3) is 0.389. The van der Waals surface area contributed by atoms with Crippen molar-refractivity contribution in [3.8, 4) is 11.4 Å². The van der Waals surface area contributed by atoms with Gasteiger partial charge in [0.15, 0.2) is 0 Å². The molecule has 2 aromatic rings. The Labute approximate surface area is 155 Å². The quantitative estimate of drug-likeness (QED) is 0.833. The summed E-state index contributed by atoms with van der Waals surface area (Å²) in [5, 5.41) is 15.7. The van der Waals surface area contributed by atoms with Gasteiger partial charge in [-0.3, -0.25) is 14.7 Å². The molecule has 9 nitrogen and oxygen atoms in total. The van der Waals surface area contributed by atoms with Crippen molar-refractivity contribution in [3.05, 3.63) is 35.7 Å². The average Bonchev–Trinajstić information content (AvgIpc) is 3.22. The molecule has 0 saturated carbocycles. The van der Waals surface area contributed by atoms with E-state index in [0.29, 0.717) is 42.5 Å². The minimum atomic E-state index is -0.978. The molecule has 1 aromatic carbocycles. The number of aromatic carboxylic acids is 1. The maximum absolute atomic E-state index is 12.1. The highest BCUT2D eigenvalue weighted by molar-refractivity contribution is 6.07. The number of hydrogen-bond acceptors (Lipinski definition) is 7. The Bertz CT molecular complexity index is 910. The first-order valence-electron chi connectivity index (χ1n) is 8.72. The Morgan fingerprint density at radius 2 is 2.00 bits per heavy atom. The van der Waals surface area contributed by atoms with Crippen molar-refractivity contribution in [2.24, 2.45) is 4.99 Å². The number of carboxylic acid groups (broad SMARTS) is 1. The van der Waals surface area contributed by atoms with E-state index in [1.54, 1.807) is 12.1 Å².